The molecule has 18 heavy (non-hydrogen) atoms. The average molecular weight is 248 g/mol. The molecule has 0 spiro atoms. The molecule has 1 amide bonds. The summed E-state index contributed by atoms with van der Waals surface area (Å²) >= 11 is 0. The number of hydrogen-bond donors (Lipinski definition) is 1. The van der Waals surface area contributed by atoms with E-state index in [0.717, 1.165) is 31.1 Å². The van der Waals surface area contributed by atoms with Crippen molar-refractivity contribution < 1.29 is 4.79 Å². The summed E-state index contributed by atoms with van der Waals surface area (Å²) in [6.07, 6.45) is 4.81. The van der Waals surface area contributed by atoms with Gasteiger partial charge in [-0.05, 0) is 31.6 Å². The molecule has 2 fully saturated rings. The standard InChI is InChI=1S/C13H20N4O/c1-8(2)11-14-12(16-15-11)13(18)17(10-5-6-10)7-9-3-4-9/h8-10H,3-7H2,1-2H3,(H,14,15,16). The van der Waals surface area contributed by atoms with Gasteiger partial charge < -0.3 is 4.90 Å². The van der Waals surface area contributed by atoms with E-state index in [0.29, 0.717) is 11.9 Å². The highest BCUT2D eigenvalue weighted by Crippen LogP contribution is 2.35. The van der Waals surface area contributed by atoms with Crippen molar-refractivity contribution in [1.82, 2.24) is 20.1 Å². The van der Waals surface area contributed by atoms with Gasteiger partial charge >= 0.3 is 0 Å². The summed E-state index contributed by atoms with van der Waals surface area (Å²) in [5.41, 5.74) is 0. The van der Waals surface area contributed by atoms with Crippen molar-refractivity contribution in [1.29, 1.82) is 0 Å². The van der Waals surface area contributed by atoms with E-state index in [-0.39, 0.29) is 11.8 Å². The van der Waals surface area contributed by atoms with E-state index in [1.165, 1.54) is 12.8 Å². The number of carbonyl (C=O) groups excluding carboxylic acids is 1. The zero-order chi connectivity index (χ0) is 12.7. The van der Waals surface area contributed by atoms with Gasteiger partial charge in [0.05, 0.1) is 0 Å². The number of rotatable bonds is 5. The van der Waals surface area contributed by atoms with Crippen LogP contribution in [0, 0.1) is 5.92 Å². The van der Waals surface area contributed by atoms with Gasteiger partial charge in [0.15, 0.2) is 0 Å². The van der Waals surface area contributed by atoms with Gasteiger partial charge in [-0.15, -0.1) is 5.10 Å². The van der Waals surface area contributed by atoms with Crippen LogP contribution in [0.3, 0.4) is 0 Å². The maximum atomic E-state index is 12.4. The second-order valence-corrected chi connectivity index (χ2v) is 5.83. The third kappa shape index (κ3) is 2.40. The minimum Gasteiger partial charge on any atom is -0.333 e. The maximum absolute atomic E-state index is 12.4. The first-order valence-electron chi connectivity index (χ1n) is 6.88. The van der Waals surface area contributed by atoms with Crippen molar-refractivity contribution in [2.75, 3.05) is 6.54 Å². The van der Waals surface area contributed by atoms with Crippen molar-refractivity contribution in [3.8, 4) is 0 Å². The molecular weight excluding hydrogens is 228 g/mol. The molecule has 0 aromatic carbocycles. The Morgan fingerprint density at radius 2 is 2.11 bits per heavy atom. The number of carbonyl (C=O) groups is 1. The Morgan fingerprint density at radius 1 is 1.39 bits per heavy atom. The number of aromatic amines is 1. The SMILES string of the molecule is CC(C)c1nc(C(=O)N(CC2CC2)C2CC2)n[nH]1. The summed E-state index contributed by atoms with van der Waals surface area (Å²) in [4.78, 5) is 18.7. The fraction of sp³-hybridized carbons (Fsp3) is 0.769. The molecule has 0 saturated heterocycles. The van der Waals surface area contributed by atoms with Crippen LogP contribution in [0.2, 0.25) is 0 Å². The first-order chi connectivity index (χ1) is 8.65. The molecule has 0 radical (unpaired) electrons. The molecule has 0 atom stereocenters. The monoisotopic (exact) mass is 248 g/mol. The zero-order valence-corrected chi connectivity index (χ0v) is 11.0. The van der Waals surface area contributed by atoms with E-state index < -0.39 is 0 Å². The van der Waals surface area contributed by atoms with Crippen molar-refractivity contribution in [2.24, 2.45) is 5.92 Å². The van der Waals surface area contributed by atoms with Crippen molar-refractivity contribution in [3.63, 3.8) is 0 Å². The second-order valence-electron chi connectivity index (χ2n) is 5.83. The van der Waals surface area contributed by atoms with Crippen LogP contribution in [-0.4, -0.2) is 38.6 Å². The number of amides is 1. The van der Waals surface area contributed by atoms with Crippen LogP contribution in [-0.2, 0) is 0 Å². The average Bonchev–Trinajstić information content (AvgIpc) is 3.24. The molecule has 2 aliphatic carbocycles. The molecule has 0 unspecified atom stereocenters. The largest absolute Gasteiger partial charge is 0.333 e. The summed E-state index contributed by atoms with van der Waals surface area (Å²) in [6.45, 7) is 4.98. The van der Waals surface area contributed by atoms with Crippen LogP contribution < -0.4 is 0 Å². The van der Waals surface area contributed by atoms with E-state index in [1.54, 1.807) is 0 Å². The number of H-pyrrole nitrogens is 1. The summed E-state index contributed by atoms with van der Waals surface area (Å²) in [5, 5.41) is 6.93. The minimum atomic E-state index is 0.00699. The number of hydrogen-bond acceptors (Lipinski definition) is 3. The molecule has 1 aromatic rings. The van der Waals surface area contributed by atoms with Crippen LogP contribution in [0.1, 0.15) is 61.9 Å². The van der Waals surface area contributed by atoms with E-state index in [4.69, 9.17) is 0 Å². The van der Waals surface area contributed by atoms with E-state index >= 15 is 0 Å². The van der Waals surface area contributed by atoms with Crippen LogP contribution in [0.25, 0.3) is 0 Å². The highest BCUT2D eigenvalue weighted by Gasteiger charge is 2.38. The van der Waals surface area contributed by atoms with E-state index in [1.807, 2.05) is 18.7 Å². The van der Waals surface area contributed by atoms with Gasteiger partial charge in [-0.1, -0.05) is 13.8 Å². The zero-order valence-electron chi connectivity index (χ0n) is 11.0. The lowest BCUT2D eigenvalue weighted by atomic mass is 10.2. The lowest BCUT2D eigenvalue weighted by Gasteiger charge is -2.20. The third-order valence-electron chi connectivity index (χ3n) is 3.64. The first-order valence-corrected chi connectivity index (χ1v) is 6.88. The Morgan fingerprint density at radius 3 is 2.61 bits per heavy atom. The predicted octanol–water partition coefficient (Wildman–Crippen LogP) is 1.94. The summed E-state index contributed by atoms with van der Waals surface area (Å²) in [6, 6.07) is 0.444. The van der Waals surface area contributed by atoms with Gasteiger partial charge in [0.25, 0.3) is 5.91 Å². The second kappa shape index (κ2) is 4.37. The highest BCUT2D eigenvalue weighted by atomic mass is 16.2. The minimum absolute atomic E-state index is 0.00699. The van der Waals surface area contributed by atoms with Crippen molar-refractivity contribution in [2.45, 2.75) is 51.5 Å². The summed E-state index contributed by atoms with van der Waals surface area (Å²) < 4.78 is 0. The smallest absolute Gasteiger partial charge is 0.293 e. The fourth-order valence-corrected chi connectivity index (χ4v) is 2.12. The molecule has 5 heteroatoms. The highest BCUT2D eigenvalue weighted by molar-refractivity contribution is 5.90. The Kier molecular flexibility index (Phi) is 2.84. The molecule has 2 saturated carbocycles. The lowest BCUT2D eigenvalue weighted by molar-refractivity contribution is 0.0722. The molecule has 3 rings (SSSR count). The van der Waals surface area contributed by atoms with Crippen LogP contribution >= 0.6 is 0 Å². The summed E-state index contributed by atoms with van der Waals surface area (Å²) in [5.74, 6) is 2.13. The Balaban J connectivity index is 1.73. The molecule has 0 bridgehead atoms. The molecule has 1 N–H and O–H groups in total. The molecular formula is C13H20N4O. The van der Waals surface area contributed by atoms with Gasteiger partial charge in [-0.25, -0.2) is 4.98 Å². The van der Waals surface area contributed by atoms with Crippen LogP contribution in [0.4, 0.5) is 0 Å². The molecule has 0 aliphatic heterocycles. The lowest BCUT2D eigenvalue weighted by Crippen LogP contribution is -2.35. The van der Waals surface area contributed by atoms with Gasteiger partial charge in [0.2, 0.25) is 5.82 Å². The normalized spacial score (nSPS) is 19.3. The fourth-order valence-electron chi connectivity index (χ4n) is 2.12. The number of aromatic nitrogens is 3. The van der Waals surface area contributed by atoms with Gasteiger partial charge in [0.1, 0.15) is 5.82 Å². The van der Waals surface area contributed by atoms with Gasteiger partial charge in [-0.2, -0.15) is 0 Å². The van der Waals surface area contributed by atoms with Crippen LogP contribution in [0.15, 0.2) is 0 Å². The molecule has 98 valence electrons. The van der Waals surface area contributed by atoms with Crippen molar-refractivity contribution in [3.05, 3.63) is 11.6 Å². The Labute approximate surface area is 107 Å². The molecule has 2 aliphatic rings. The van der Waals surface area contributed by atoms with Gasteiger partial charge in [0, 0.05) is 18.5 Å². The Hall–Kier alpha value is -1.39. The summed E-state index contributed by atoms with van der Waals surface area (Å²) in [7, 11) is 0. The molecule has 5 nitrogen and oxygen atoms in total. The molecule has 1 aromatic heterocycles. The Bertz CT molecular complexity index is 446. The quantitative estimate of drug-likeness (QED) is 0.866. The first kappa shape index (κ1) is 11.7. The third-order valence-corrected chi connectivity index (χ3v) is 3.64. The topological polar surface area (TPSA) is 61.9 Å². The van der Waals surface area contributed by atoms with E-state index in [9.17, 15) is 4.79 Å². The molecule has 1 heterocycles. The van der Waals surface area contributed by atoms with Gasteiger partial charge in [-0.3, -0.25) is 9.89 Å². The number of nitrogens with one attached hydrogen (secondary N) is 1. The predicted molar refractivity (Wildman–Crippen MR) is 67.3 cm³/mol. The van der Waals surface area contributed by atoms with E-state index in [2.05, 4.69) is 15.2 Å². The maximum Gasteiger partial charge on any atom is 0.293 e. The van der Waals surface area contributed by atoms with Crippen molar-refractivity contribution >= 4 is 5.91 Å². The van der Waals surface area contributed by atoms with Crippen LogP contribution in [0.5, 0.6) is 0 Å². The number of nitrogens with zero attached hydrogens (tertiary/aromatic N) is 3.